The number of para-hydroxylation sites is 2. The van der Waals surface area contributed by atoms with Gasteiger partial charge in [-0.2, -0.15) is 0 Å². The lowest BCUT2D eigenvalue weighted by Gasteiger charge is -2.38. The van der Waals surface area contributed by atoms with E-state index in [1.807, 2.05) is 0 Å². The highest BCUT2D eigenvalue weighted by Gasteiger charge is 2.31. The highest BCUT2D eigenvalue weighted by atomic mass is 127. The molecule has 0 aromatic heterocycles. The first-order valence-electron chi connectivity index (χ1n) is 8.32. The van der Waals surface area contributed by atoms with Crippen LogP contribution >= 0.6 is 0 Å². The molecule has 0 unspecified atom stereocenters. The summed E-state index contributed by atoms with van der Waals surface area (Å²) in [5.41, 5.74) is 2.84. The maximum absolute atomic E-state index is 2.29. The van der Waals surface area contributed by atoms with Gasteiger partial charge in [-0.1, -0.05) is 63.1 Å². The minimum atomic E-state index is 0. The zero-order chi connectivity index (χ0) is 15.0. The standard InChI is InChI=1S/C20H28N.HI/c1-3-5-17-21(18-6-4-2,19-13-9-7-10-14-19)20-15-11-8-12-16-20;/h7-16H,3-6,17-18H2,1-2H3;1H/q+1;/p-1. The fraction of sp³-hybridized carbons (Fsp3) is 0.400. The molecule has 120 valence electrons. The highest BCUT2D eigenvalue weighted by Crippen LogP contribution is 2.35. The number of unbranched alkanes of at least 4 members (excludes halogenated alkanes) is 2. The van der Waals surface area contributed by atoms with Gasteiger partial charge in [-0.3, -0.25) is 4.48 Å². The lowest BCUT2D eigenvalue weighted by atomic mass is 10.1. The first-order chi connectivity index (χ1) is 10.3. The monoisotopic (exact) mass is 409 g/mol. The topological polar surface area (TPSA) is 0 Å². The summed E-state index contributed by atoms with van der Waals surface area (Å²) in [5.74, 6) is 0. The number of rotatable bonds is 8. The molecular formula is C20H28IN. The van der Waals surface area contributed by atoms with E-state index in [1.54, 1.807) is 0 Å². The number of hydrogen-bond donors (Lipinski definition) is 0. The molecule has 0 N–H and O–H groups in total. The summed E-state index contributed by atoms with van der Waals surface area (Å²) in [6, 6.07) is 22.1. The second-order valence-electron chi connectivity index (χ2n) is 5.79. The summed E-state index contributed by atoms with van der Waals surface area (Å²) in [4.78, 5) is 0. The summed E-state index contributed by atoms with van der Waals surface area (Å²) >= 11 is 0. The molecule has 0 fully saturated rings. The highest BCUT2D eigenvalue weighted by molar-refractivity contribution is 5.58. The maximum Gasteiger partial charge on any atom is 0.137 e. The van der Waals surface area contributed by atoms with E-state index < -0.39 is 0 Å². The van der Waals surface area contributed by atoms with E-state index in [4.69, 9.17) is 0 Å². The molecule has 0 saturated heterocycles. The molecule has 2 aromatic carbocycles. The van der Waals surface area contributed by atoms with Crippen LogP contribution in [0, 0.1) is 0 Å². The summed E-state index contributed by atoms with van der Waals surface area (Å²) in [7, 11) is 0. The van der Waals surface area contributed by atoms with Gasteiger partial charge in [0.15, 0.2) is 0 Å². The van der Waals surface area contributed by atoms with Gasteiger partial charge in [0.05, 0.1) is 13.1 Å². The van der Waals surface area contributed by atoms with E-state index >= 15 is 0 Å². The Labute approximate surface area is 153 Å². The van der Waals surface area contributed by atoms with Gasteiger partial charge in [0.2, 0.25) is 0 Å². The number of benzene rings is 2. The van der Waals surface area contributed by atoms with Crippen molar-refractivity contribution in [2.75, 3.05) is 13.1 Å². The van der Waals surface area contributed by atoms with Gasteiger partial charge < -0.3 is 24.0 Å². The van der Waals surface area contributed by atoms with E-state index in [0.29, 0.717) is 0 Å². The summed E-state index contributed by atoms with van der Waals surface area (Å²) in [5, 5.41) is 0. The first kappa shape index (κ1) is 19.2. The Morgan fingerprint density at radius 2 is 1.00 bits per heavy atom. The molecule has 1 nitrogen and oxygen atoms in total. The van der Waals surface area contributed by atoms with Crippen molar-refractivity contribution in [3.05, 3.63) is 60.7 Å². The molecule has 22 heavy (non-hydrogen) atoms. The minimum Gasteiger partial charge on any atom is -1.00 e. The van der Waals surface area contributed by atoms with E-state index in [1.165, 1.54) is 50.1 Å². The molecule has 0 aliphatic carbocycles. The van der Waals surface area contributed by atoms with E-state index in [0.717, 1.165) is 4.48 Å². The largest absolute Gasteiger partial charge is 1.00 e. The molecule has 0 radical (unpaired) electrons. The van der Waals surface area contributed by atoms with Crippen LogP contribution in [0.1, 0.15) is 39.5 Å². The van der Waals surface area contributed by atoms with Gasteiger partial charge in [0.25, 0.3) is 0 Å². The third kappa shape index (κ3) is 4.56. The smallest absolute Gasteiger partial charge is 0.137 e. The van der Waals surface area contributed by atoms with Gasteiger partial charge >= 0.3 is 0 Å². The third-order valence-electron chi connectivity index (χ3n) is 4.29. The fourth-order valence-electron chi connectivity index (χ4n) is 3.06. The zero-order valence-electron chi connectivity index (χ0n) is 13.8. The quantitative estimate of drug-likeness (QED) is 0.465. The predicted octanol–water partition coefficient (Wildman–Crippen LogP) is 2.93. The van der Waals surface area contributed by atoms with Crippen LogP contribution < -0.4 is 28.5 Å². The van der Waals surface area contributed by atoms with E-state index in [2.05, 4.69) is 74.5 Å². The number of quaternary nitrogens is 1. The summed E-state index contributed by atoms with van der Waals surface area (Å²) < 4.78 is 0.989. The Morgan fingerprint density at radius 1 is 0.636 bits per heavy atom. The second-order valence-corrected chi connectivity index (χ2v) is 5.79. The van der Waals surface area contributed by atoms with Crippen molar-refractivity contribution in [1.29, 1.82) is 0 Å². The number of halogens is 1. The van der Waals surface area contributed by atoms with Gasteiger partial charge in [0.1, 0.15) is 11.4 Å². The Morgan fingerprint density at radius 3 is 1.32 bits per heavy atom. The fourth-order valence-corrected chi connectivity index (χ4v) is 3.06. The summed E-state index contributed by atoms with van der Waals surface area (Å²) in [6.45, 7) is 6.93. The average Bonchev–Trinajstić information content (AvgIpc) is 2.57. The van der Waals surface area contributed by atoms with Crippen LogP contribution in [-0.2, 0) is 0 Å². The molecule has 2 heteroatoms. The lowest BCUT2D eigenvalue weighted by Crippen LogP contribution is -3.00. The van der Waals surface area contributed by atoms with Crippen LogP contribution in [0.3, 0.4) is 0 Å². The predicted molar refractivity (Wildman–Crippen MR) is 93.9 cm³/mol. The maximum atomic E-state index is 2.29. The van der Waals surface area contributed by atoms with Crippen LogP contribution in [0.5, 0.6) is 0 Å². The van der Waals surface area contributed by atoms with Crippen LogP contribution in [0.15, 0.2) is 60.7 Å². The van der Waals surface area contributed by atoms with Gasteiger partial charge in [-0.15, -0.1) is 0 Å². The van der Waals surface area contributed by atoms with Crippen LogP contribution in [0.4, 0.5) is 11.4 Å². The molecule has 2 rings (SSSR count). The minimum absolute atomic E-state index is 0. The molecule has 0 amide bonds. The molecule has 0 heterocycles. The SMILES string of the molecule is CCCC[N+](CCCC)(c1ccccc1)c1ccccc1.[I-]. The van der Waals surface area contributed by atoms with Gasteiger partial charge in [0, 0.05) is 0 Å². The van der Waals surface area contributed by atoms with Crippen molar-refractivity contribution in [1.82, 2.24) is 4.48 Å². The summed E-state index contributed by atoms with van der Waals surface area (Å²) in [6.07, 6.45) is 5.00. The normalized spacial score (nSPS) is 11.0. The molecule has 0 saturated carbocycles. The Balaban J connectivity index is 0.00000242. The average molecular weight is 409 g/mol. The Kier molecular flexibility index (Phi) is 8.72. The molecule has 0 aliphatic heterocycles. The number of hydrogen-bond acceptors (Lipinski definition) is 0. The third-order valence-corrected chi connectivity index (χ3v) is 4.29. The van der Waals surface area contributed by atoms with Crippen LogP contribution in [-0.4, -0.2) is 13.1 Å². The second kappa shape index (κ2) is 10.0. The van der Waals surface area contributed by atoms with Crippen molar-refractivity contribution in [2.45, 2.75) is 39.5 Å². The van der Waals surface area contributed by atoms with Crippen molar-refractivity contribution in [3.8, 4) is 0 Å². The van der Waals surface area contributed by atoms with Crippen molar-refractivity contribution >= 4 is 11.4 Å². The van der Waals surface area contributed by atoms with Crippen LogP contribution in [0.25, 0.3) is 0 Å². The van der Waals surface area contributed by atoms with Crippen molar-refractivity contribution in [2.24, 2.45) is 0 Å². The van der Waals surface area contributed by atoms with Gasteiger partial charge in [-0.05, 0) is 37.1 Å². The van der Waals surface area contributed by atoms with Crippen LogP contribution in [0.2, 0.25) is 0 Å². The molecule has 0 atom stereocenters. The van der Waals surface area contributed by atoms with Crippen molar-refractivity contribution < 1.29 is 24.0 Å². The molecule has 0 aliphatic rings. The van der Waals surface area contributed by atoms with Crippen molar-refractivity contribution in [3.63, 3.8) is 0 Å². The molecular weight excluding hydrogens is 381 g/mol. The zero-order valence-corrected chi connectivity index (χ0v) is 16.0. The van der Waals surface area contributed by atoms with Gasteiger partial charge in [-0.25, -0.2) is 0 Å². The van der Waals surface area contributed by atoms with E-state index in [-0.39, 0.29) is 24.0 Å². The lowest BCUT2D eigenvalue weighted by molar-refractivity contribution is -0.00000438. The Hall–Kier alpha value is -0.870. The molecule has 2 aromatic rings. The Bertz CT molecular complexity index is 460. The molecule has 0 spiro atoms. The number of nitrogens with zero attached hydrogens (tertiary/aromatic N) is 1. The van der Waals surface area contributed by atoms with E-state index in [9.17, 15) is 0 Å². The first-order valence-corrected chi connectivity index (χ1v) is 8.32. The molecule has 0 bridgehead atoms.